The molecule has 1 aromatic carbocycles. The van der Waals surface area contributed by atoms with Gasteiger partial charge in [-0.25, -0.2) is 4.39 Å². The maximum Gasteiger partial charge on any atom is 0.242 e. The second kappa shape index (κ2) is 6.02. The van der Waals surface area contributed by atoms with Crippen LogP contribution < -0.4 is 10.2 Å². The molecule has 1 saturated heterocycles. The van der Waals surface area contributed by atoms with E-state index in [4.69, 9.17) is 5.11 Å². The summed E-state index contributed by atoms with van der Waals surface area (Å²) in [5.74, 6) is -0.263. The molecule has 0 radical (unpaired) electrons. The Morgan fingerprint density at radius 2 is 2.21 bits per heavy atom. The first-order valence-corrected chi connectivity index (χ1v) is 6.53. The minimum Gasteiger partial charge on any atom is -0.396 e. The monoisotopic (exact) mass is 266 g/mol. The third-order valence-corrected chi connectivity index (χ3v) is 3.38. The van der Waals surface area contributed by atoms with E-state index in [-0.39, 0.29) is 24.2 Å². The van der Waals surface area contributed by atoms with Crippen LogP contribution in [0.2, 0.25) is 0 Å². The molecule has 2 atom stereocenters. The van der Waals surface area contributed by atoms with Gasteiger partial charge in [-0.15, -0.1) is 0 Å². The van der Waals surface area contributed by atoms with Gasteiger partial charge in [0.25, 0.3) is 0 Å². The number of aliphatic hydroxyl groups is 1. The summed E-state index contributed by atoms with van der Waals surface area (Å²) in [6, 6.07) is 5.92. The summed E-state index contributed by atoms with van der Waals surface area (Å²) < 4.78 is 13.9. The van der Waals surface area contributed by atoms with Crippen LogP contribution in [0.25, 0.3) is 0 Å². The van der Waals surface area contributed by atoms with Crippen molar-refractivity contribution < 1.29 is 14.3 Å². The Kier molecular flexibility index (Phi) is 4.37. The molecule has 1 aromatic rings. The zero-order chi connectivity index (χ0) is 13.8. The summed E-state index contributed by atoms with van der Waals surface area (Å²) in [6.07, 6.45) is 0.298. The second-order valence-electron chi connectivity index (χ2n) is 4.98. The number of carbonyl (C=O) groups excluding carboxylic acids is 1. The lowest BCUT2D eigenvalue weighted by atomic mass is 10.1. The summed E-state index contributed by atoms with van der Waals surface area (Å²) >= 11 is 0. The SMILES string of the molecule is CC1CNC(=O)C(CCO)N(c2ccccc2F)C1. The molecule has 1 heterocycles. The highest BCUT2D eigenvalue weighted by Crippen LogP contribution is 2.25. The minimum absolute atomic E-state index is 0.0998. The van der Waals surface area contributed by atoms with Crippen LogP contribution in [-0.2, 0) is 4.79 Å². The fourth-order valence-corrected chi connectivity index (χ4v) is 2.42. The number of hydrogen-bond donors (Lipinski definition) is 2. The largest absolute Gasteiger partial charge is 0.396 e. The molecule has 2 N–H and O–H groups in total. The molecule has 4 nitrogen and oxygen atoms in total. The van der Waals surface area contributed by atoms with Gasteiger partial charge in [0, 0.05) is 19.7 Å². The van der Waals surface area contributed by atoms with Crippen molar-refractivity contribution in [1.82, 2.24) is 5.32 Å². The summed E-state index contributed by atoms with van der Waals surface area (Å²) in [7, 11) is 0. The number of benzene rings is 1. The number of carbonyl (C=O) groups is 1. The third kappa shape index (κ3) is 3.04. The highest BCUT2D eigenvalue weighted by molar-refractivity contribution is 5.85. The normalized spacial score (nSPS) is 23.9. The fourth-order valence-electron chi connectivity index (χ4n) is 2.42. The molecular weight excluding hydrogens is 247 g/mol. The summed E-state index contributed by atoms with van der Waals surface area (Å²) in [4.78, 5) is 13.8. The molecule has 2 rings (SSSR count). The van der Waals surface area contributed by atoms with Gasteiger partial charge in [-0.05, 0) is 24.5 Å². The van der Waals surface area contributed by atoms with Gasteiger partial charge >= 0.3 is 0 Å². The molecule has 1 fully saturated rings. The average Bonchev–Trinajstić information content (AvgIpc) is 2.53. The maximum absolute atomic E-state index is 13.9. The van der Waals surface area contributed by atoms with Gasteiger partial charge in [-0.3, -0.25) is 4.79 Å². The van der Waals surface area contributed by atoms with Crippen molar-refractivity contribution in [3.8, 4) is 0 Å². The minimum atomic E-state index is -0.521. The first-order valence-electron chi connectivity index (χ1n) is 6.53. The molecule has 0 aliphatic carbocycles. The Morgan fingerprint density at radius 1 is 1.47 bits per heavy atom. The average molecular weight is 266 g/mol. The second-order valence-corrected chi connectivity index (χ2v) is 4.98. The molecule has 0 bridgehead atoms. The molecule has 0 spiro atoms. The highest BCUT2D eigenvalue weighted by atomic mass is 19.1. The molecule has 2 unspecified atom stereocenters. The highest BCUT2D eigenvalue weighted by Gasteiger charge is 2.31. The summed E-state index contributed by atoms with van der Waals surface area (Å²) in [5, 5.41) is 12.0. The van der Waals surface area contributed by atoms with Crippen LogP contribution in [0.15, 0.2) is 24.3 Å². The van der Waals surface area contributed by atoms with Crippen molar-refractivity contribution in [2.24, 2.45) is 5.92 Å². The molecule has 0 saturated carbocycles. The van der Waals surface area contributed by atoms with E-state index in [0.29, 0.717) is 25.2 Å². The number of anilines is 1. The smallest absolute Gasteiger partial charge is 0.242 e. The zero-order valence-electron chi connectivity index (χ0n) is 11.0. The predicted molar refractivity (Wildman–Crippen MR) is 71.4 cm³/mol. The topological polar surface area (TPSA) is 52.6 Å². The molecule has 0 aromatic heterocycles. The molecule has 1 aliphatic heterocycles. The van der Waals surface area contributed by atoms with Gasteiger partial charge in [-0.1, -0.05) is 19.1 Å². The number of aliphatic hydroxyl groups excluding tert-OH is 1. The summed E-state index contributed by atoms with van der Waals surface area (Å²) in [6.45, 7) is 3.07. The van der Waals surface area contributed by atoms with E-state index in [1.165, 1.54) is 6.07 Å². The number of nitrogens with one attached hydrogen (secondary N) is 1. The van der Waals surface area contributed by atoms with E-state index < -0.39 is 6.04 Å². The van der Waals surface area contributed by atoms with Crippen LogP contribution in [0.1, 0.15) is 13.3 Å². The first kappa shape index (κ1) is 13.8. The summed E-state index contributed by atoms with van der Waals surface area (Å²) in [5.41, 5.74) is 0.421. The first-order chi connectivity index (χ1) is 9.13. The van der Waals surface area contributed by atoms with Crippen molar-refractivity contribution in [1.29, 1.82) is 0 Å². The molecule has 104 valence electrons. The Bertz CT molecular complexity index is 453. The number of para-hydroxylation sites is 1. The number of halogens is 1. The van der Waals surface area contributed by atoms with E-state index in [9.17, 15) is 9.18 Å². The van der Waals surface area contributed by atoms with Crippen LogP contribution in [0.5, 0.6) is 0 Å². The maximum atomic E-state index is 13.9. The van der Waals surface area contributed by atoms with Gasteiger partial charge in [0.1, 0.15) is 11.9 Å². The van der Waals surface area contributed by atoms with Crippen LogP contribution in [-0.4, -0.2) is 36.8 Å². The van der Waals surface area contributed by atoms with E-state index in [2.05, 4.69) is 5.32 Å². The van der Waals surface area contributed by atoms with Gasteiger partial charge in [-0.2, -0.15) is 0 Å². The van der Waals surface area contributed by atoms with Crippen molar-refractivity contribution in [3.05, 3.63) is 30.1 Å². The molecule has 1 amide bonds. The Hall–Kier alpha value is -1.62. The molecule has 5 heteroatoms. The Balaban J connectivity index is 2.36. The van der Waals surface area contributed by atoms with Crippen molar-refractivity contribution in [2.45, 2.75) is 19.4 Å². The van der Waals surface area contributed by atoms with Crippen molar-refractivity contribution in [3.63, 3.8) is 0 Å². The number of rotatable bonds is 3. The molecule has 1 aliphatic rings. The lowest BCUT2D eigenvalue weighted by Gasteiger charge is -2.31. The number of nitrogens with zero attached hydrogens (tertiary/aromatic N) is 1. The molecular formula is C14H19FN2O2. The lowest BCUT2D eigenvalue weighted by Crippen LogP contribution is -2.45. The Labute approximate surface area is 112 Å². The van der Waals surface area contributed by atoms with Crippen LogP contribution >= 0.6 is 0 Å². The van der Waals surface area contributed by atoms with Crippen LogP contribution in [0.4, 0.5) is 10.1 Å². The zero-order valence-corrected chi connectivity index (χ0v) is 11.0. The molecule has 19 heavy (non-hydrogen) atoms. The number of hydrogen-bond acceptors (Lipinski definition) is 3. The number of amides is 1. The van der Waals surface area contributed by atoms with Crippen molar-refractivity contribution in [2.75, 3.05) is 24.6 Å². The quantitative estimate of drug-likeness (QED) is 0.863. The van der Waals surface area contributed by atoms with E-state index in [1.54, 1.807) is 23.1 Å². The van der Waals surface area contributed by atoms with Gasteiger partial charge in [0.15, 0.2) is 0 Å². The fraction of sp³-hybridized carbons (Fsp3) is 0.500. The standard InChI is InChI=1S/C14H19FN2O2/c1-10-8-16-14(19)13(6-7-18)17(9-10)12-5-3-2-4-11(12)15/h2-5,10,13,18H,6-9H2,1H3,(H,16,19). The van der Waals surface area contributed by atoms with E-state index in [1.807, 2.05) is 6.92 Å². The predicted octanol–water partition coefficient (Wildman–Crippen LogP) is 1.15. The van der Waals surface area contributed by atoms with Crippen LogP contribution in [0.3, 0.4) is 0 Å². The third-order valence-electron chi connectivity index (χ3n) is 3.38. The van der Waals surface area contributed by atoms with Gasteiger partial charge in [0.05, 0.1) is 5.69 Å². The Morgan fingerprint density at radius 3 is 2.89 bits per heavy atom. The van der Waals surface area contributed by atoms with E-state index in [0.717, 1.165) is 0 Å². The van der Waals surface area contributed by atoms with Crippen LogP contribution in [0, 0.1) is 11.7 Å². The lowest BCUT2D eigenvalue weighted by molar-refractivity contribution is -0.122. The van der Waals surface area contributed by atoms with Gasteiger partial charge < -0.3 is 15.3 Å². The van der Waals surface area contributed by atoms with Gasteiger partial charge in [0.2, 0.25) is 5.91 Å². The van der Waals surface area contributed by atoms with Crippen molar-refractivity contribution >= 4 is 11.6 Å². The van der Waals surface area contributed by atoms with E-state index >= 15 is 0 Å².